The van der Waals surface area contributed by atoms with Crippen molar-refractivity contribution in [2.75, 3.05) is 19.6 Å². The quantitative estimate of drug-likeness (QED) is 0.842. The van der Waals surface area contributed by atoms with Gasteiger partial charge in [-0.1, -0.05) is 33.6 Å². The Morgan fingerprint density at radius 2 is 1.95 bits per heavy atom. The maximum atomic E-state index is 6.31. The zero-order valence-corrected chi connectivity index (χ0v) is 14.0. The molecule has 1 aliphatic carbocycles. The summed E-state index contributed by atoms with van der Waals surface area (Å²) >= 11 is 0. The van der Waals surface area contributed by atoms with Crippen molar-refractivity contribution in [2.24, 2.45) is 23.5 Å². The second-order valence-corrected chi connectivity index (χ2v) is 8.04. The summed E-state index contributed by atoms with van der Waals surface area (Å²) in [6.07, 6.45) is 11.1. The highest BCUT2D eigenvalue weighted by atomic mass is 15.2. The lowest BCUT2D eigenvalue weighted by molar-refractivity contribution is 0.0331. The molecule has 1 saturated heterocycles. The molecule has 1 aliphatic heterocycles. The molecule has 118 valence electrons. The Hall–Kier alpha value is -0.0800. The molecule has 3 atom stereocenters. The van der Waals surface area contributed by atoms with Crippen molar-refractivity contribution in [3.63, 3.8) is 0 Å². The fourth-order valence-electron chi connectivity index (χ4n) is 4.67. The van der Waals surface area contributed by atoms with Crippen molar-refractivity contribution in [3.05, 3.63) is 0 Å². The van der Waals surface area contributed by atoms with Crippen molar-refractivity contribution in [1.82, 2.24) is 4.90 Å². The molecule has 2 nitrogen and oxygen atoms in total. The fraction of sp³-hybridized carbons (Fsp3) is 1.00. The first-order valence-electron chi connectivity index (χ1n) is 9.01. The van der Waals surface area contributed by atoms with E-state index in [1.165, 1.54) is 64.5 Å². The van der Waals surface area contributed by atoms with Gasteiger partial charge in [0.25, 0.3) is 0 Å². The SMILES string of the molecule is CC(C)CC1CCCC(CN)(N2CCCC(C)CC2)C1. The van der Waals surface area contributed by atoms with E-state index in [1.807, 2.05) is 0 Å². The third kappa shape index (κ3) is 3.98. The second-order valence-electron chi connectivity index (χ2n) is 8.04. The average molecular weight is 280 g/mol. The molecule has 1 heterocycles. The summed E-state index contributed by atoms with van der Waals surface area (Å²) in [6.45, 7) is 10.6. The Morgan fingerprint density at radius 3 is 2.65 bits per heavy atom. The first kappa shape index (κ1) is 16.3. The molecule has 2 aliphatic rings. The lowest BCUT2D eigenvalue weighted by Crippen LogP contribution is -2.56. The highest BCUT2D eigenvalue weighted by Gasteiger charge is 2.40. The van der Waals surface area contributed by atoms with Gasteiger partial charge in [-0.2, -0.15) is 0 Å². The number of hydrogen-bond donors (Lipinski definition) is 1. The van der Waals surface area contributed by atoms with Gasteiger partial charge in [-0.25, -0.2) is 0 Å². The van der Waals surface area contributed by atoms with E-state index in [4.69, 9.17) is 5.73 Å². The van der Waals surface area contributed by atoms with Crippen molar-refractivity contribution < 1.29 is 0 Å². The predicted octanol–water partition coefficient (Wildman–Crippen LogP) is 4.04. The summed E-state index contributed by atoms with van der Waals surface area (Å²) < 4.78 is 0. The van der Waals surface area contributed by atoms with Crippen LogP contribution in [0.4, 0.5) is 0 Å². The molecule has 0 amide bonds. The Bertz CT molecular complexity index is 289. The molecule has 0 radical (unpaired) electrons. The standard InChI is InChI=1S/C18H36N2/c1-15(2)12-17-7-4-9-18(13-17,14-19)20-10-5-6-16(3)8-11-20/h15-17H,4-14,19H2,1-3H3. The van der Waals surface area contributed by atoms with Gasteiger partial charge in [0.15, 0.2) is 0 Å². The smallest absolute Gasteiger partial charge is 0.0334 e. The Balaban J connectivity index is 2.03. The van der Waals surface area contributed by atoms with Gasteiger partial charge in [0, 0.05) is 12.1 Å². The lowest BCUT2D eigenvalue weighted by atomic mass is 9.72. The van der Waals surface area contributed by atoms with Gasteiger partial charge < -0.3 is 5.73 Å². The van der Waals surface area contributed by atoms with Crippen molar-refractivity contribution in [1.29, 1.82) is 0 Å². The number of hydrogen-bond acceptors (Lipinski definition) is 2. The van der Waals surface area contributed by atoms with Crippen LogP contribution < -0.4 is 5.73 Å². The van der Waals surface area contributed by atoms with Crippen LogP contribution in [0.5, 0.6) is 0 Å². The van der Waals surface area contributed by atoms with Crippen molar-refractivity contribution in [3.8, 4) is 0 Å². The van der Waals surface area contributed by atoms with E-state index in [1.54, 1.807) is 0 Å². The number of rotatable bonds is 4. The molecule has 2 fully saturated rings. The molecule has 1 saturated carbocycles. The lowest BCUT2D eigenvalue weighted by Gasteiger charge is -2.48. The molecule has 2 N–H and O–H groups in total. The summed E-state index contributed by atoms with van der Waals surface area (Å²) in [5.41, 5.74) is 6.64. The molecule has 0 aromatic carbocycles. The predicted molar refractivity (Wildman–Crippen MR) is 87.8 cm³/mol. The van der Waals surface area contributed by atoms with Crippen LogP contribution in [0.1, 0.15) is 72.1 Å². The van der Waals surface area contributed by atoms with E-state index in [2.05, 4.69) is 25.7 Å². The molecular weight excluding hydrogens is 244 g/mol. The van der Waals surface area contributed by atoms with Gasteiger partial charge in [-0.3, -0.25) is 4.90 Å². The van der Waals surface area contributed by atoms with Crippen molar-refractivity contribution in [2.45, 2.75) is 77.7 Å². The van der Waals surface area contributed by atoms with Crippen LogP contribution in [0.15, 0.2) is 0 Å². The van der Waals surface area contributed by atoms with E-state index >= 15 is 0 Å². The van der Waals surface area contributed by atoms with Crippen LogP contribution in [0.3, 0.4) is 0 Å². The average Bonchev–Trinajstić information content (AvgIpc) is 2.63. The Kier molecular flexibility index (Phi) is 5.92. The molecule has 2 heteroatoms. The Labute approximate surface area is 126 Å². The van der Waals surface area contributed by atoms with Gasteiger partial charge in [0.1, 0.15) is 0 Å². The van der Waals surface area contributed by atoms with Gasteiger partial charge in [0.2, 0.25) is 0 Å². The number of likely N-dealkylation sites (tertiary alicyclic amines) is 1. The Morgan fingerprint density at radius 1 is 1.15 bits per heavy atom. The minimum atomic E-state index is 0.335. The third-order valence-corrected chi connectivity index (χ3v) is 5.80. The summed E-state index contributed by atoms with van der Waals surface area (Å²) in [7, 11) is 0. The van der Waals surface area contributed by atoms with Gasteiger partial charge in [-0.15, -0.1) is 0 Å². The van der Waals surface area contributed by atoms with Crippen LogP contribution in [-0.4, -0.2) is 30.1 Å². The monoisotopic (exact) mass is 280 g/mol. The minimum absolute atomic E-state index is 0.335. The third-order valence-electron chi connectivity index (χ3n) is 5.80. The molecule has 0 bridgehead atoms. The summed E-state index contributed by atoms with van der Waals surface area (Å²) in [5.74, 6) is 2.65. The van der Waals surface area contributed by atoms with Gasteiger partial charge >= 0.3 is 0 Å². The highest BCUT2D eigenvalue weighted by molar-refractivity contribution is 4.97. The largest absolute Gasteiger partial charge is 0.329 e. The zero-order valence-electron chi connectivity index (χ0n) is 14.0. The maximum absolute atomic E-state index is 6.31. The first-order chi connectivity index (χ1) is 9.55. The molecule has 2 rings (SSSR count). The zero-order chi connectivity index (χ0) is 14.6. The maximum Gasteiger partial charge on any atom is 0.0334 e. The second kappa shape index (κ2) is 7.26. The molecular formula is C18H36N2. The number of nitrogens with two attached hydrogens (primary N) is 1. The van der Waals surface area contributed by atoms with Crippen LogP contribution in [0.25, 0.3) is 0 Å². The van der Waals surface area contributed by atoms with Crippen LogP contribution in [0.2, 0.25) is 0 Å². The van der Waals surface area contributed by atoms with Gasteiger partial charge in [0.05, 0.1) is 0 Å². The molecule has 3 unspecified atom stereocenters. The molecule has 0 aromatic heterocycles. The summed E-state index contributed by atoms with van der Waals surface area (Å²) in [6, 6.07) is 0. The molecule has 0 spiro atoms. The van der Waals surface area contributed by atoms with E-state index in [0.717, 1.165) is 24.3 Å². The van der Waals surface area contributed by atoms with Crippen LogP contribution in [-0.2, 0) is 0 Å². The normalized spacial score (nSPS) is 37.0. The minimum Gasteiger partial charge on any atom is -0.329 e. The van der Waals surface area contributed by atoms with E-state index in [-0.39, 0.29) is 0 Å². The number of nitrogens with zero attached hydrogens (tertiary/aromatic N) is 1. The van der Waals surface area contributed by atoms with E-state index in [9.17, 15) is 0 Å². The van der Waals surface area contributed by atoms with E-state index < -0.39 is 0 Å². The van der Waals surface area contributed by atoms with Gasteiger partial charge in [-0.05, 0) is 69.4 Å². The van der Waals surface area contributed by atoms with E-state index in [0.29, 0.717) is 5.54 Å². The summed E-state index contributed by atoms with van der Waals surface area (Å²) in [5, 5.41) is 0. The van der Waals surface area contributed by atoms with Crippen LogP contribution in [0, 0.1) is 17.8 Å². The fourth-order valence-corrected chi connectivity index (χ4v) is 4.67. The van der Waals surface area contributed by atoms with Crippen LogP contribution >= 0.6 is 0 Å². The molecule has 0 aromatic rings. The topological polar surface area (TPSA) is 29.3 Å². The molecule has 20 heavy (non-hydrogen) atoms. The highest BCUT2D eigenvalue weighted by Crippen LogP contribution is 2.40. The first-order valence-corrected chi connectivity index (χ1v) is 9.01. The summed E-state index contributed by atoms with van der Waals surface area (Å²) in [4.78, 5) is 2.79. The van der Waals surface area contributed by atoms with Crippen molar-refractivity contribution >= 4 is 0 Å².